The summed E-state index contributed by atoms with van der Waals surface area (Å²) in [4.78, 5) is 11.6. The molecular weight excluding hydrogens is 434 g/mol. The summed E-state index contributed by atoms with van der Waals surface area (Å²) in [6.45, 7) is 3.93. The average Bonchev–Trinajstić information content (AvgIpc) is 2.26. The normalized spacial score (nSPS) is 9.69. The van der Waals surface area contributed by atoms with Crippen LogP contribution in [0.5, 0.6) is 5.75 Å². The lowest BCUT2D eigenvalue weighted by atomic mass is 10.2. The first-order valence-corrected chi connectivity index (χ1v) is 6.57. The first-order valence-electron chi connectivity index (χ1n) is 4.41. The van der Waals surface area contributed by atoms with Crippen molar-refractivity contribution >= 4 is 51.2 Å². The zero-order chi connectivity index (χ0) is 12.1. The molecule has 0 saturated heterocycles. The van der Waals surface area contributed by atoms with Gasteiger partial charge < -0.3 is 9.47 Å². The first-order chi connectivity index (χ1) is 7.60. The molecule has 0 aliphatic heterocycles. The Morgan fingerprint density at radius 1 is 1.50 bits per heavy atom. The van der Waals surface area contributed by atoms with Gasteiger partial charge in [-0.1, -0.05) is 12.7 Å². The zero-order valence-electron chi connectivity index (χ0n) is 8.63. The van der Waals surface area contributed by atoms with Crippen LogP contribution in [-0.4, -0.2) is 19.7 Å². The van der Waals surface area contributed by atoms with Crippen LogP contribution in [0.25, 0.3) is 0 Å². The third-order valence-corrected chi connectivity index (χ3v) is 3.18. The molecule has 0 atom stereocenters. The molecule has 0 spiro atoms. The summed E-state index contributed by atoms with van der Waals surface area (Å²) in [7, 11) is 1.35. The highest BCUT2D eigenvalue weighted by Gasteiger charge is 2.17. The summed E-state index contributed by atoms with van der Waals surface area (Å²) in [6.07, 6.45) is 1.63. The molecule has 1 aromatic carbocycles. The van der Waals surface area contributed by atoms with Gasteiger partial charge in [-0.2, -0.15) is 0 Å². The maximum atomic E-state index is 11.6. The number of benzene rings is 1. The predicted molar refractivity (Wildman–Crippen MR) is 78.9 cm³/mol. The third-order valence-electron chi connectivity index (χ3n) is 1.76. The Balaban J connectivity index is 3.20. The zero-order valence-corrected chi connectivity index (χ0v) is 12.9. The van der Waals surface area contributed by atoms with Crippen molar-refractivity contribution in [3.63, 3.8) is 0 Å². The lowest BCUT2D eigenvalue weighted by molar-refractivity contribution is 0.0596. The van der Waals surface area contributed by atoms with E-state index in [9.17, 15) is 4.79 Å². The van der Waals surface area contributed by atoms with E-state index in [2.05, 4.69) is 51.8 Å². The molecule has 0 amide bonds. The van der Waals surface area contributed by atoms with E-state index in [4.69, 9.17) is 9.47 Å². The van der Waals surface area contributed by atoms with Crippen molar-refractivity contribution in [2.24, 2.45) is 0 Å². The number of methoxy groups -OCH3 is 1. The van der Waals surface area contributed by atoms with Crippen molar-refractivity contribution in [2.75, 3.05) is 13.7 Å². The van der Waals surface area contributed by atoms with E-state index in [-0.39, 0.29) is 0 Å². The molecular formula is C11H10I2O3. The summed E-state index contributed by atoms with van der Waals surface area (Å²) in [5, 5.41) is 0. The van der Waals surface area contributed by atoms with Gasteiger partial charge in [0.05, 0.1) is 10.7 Å². The molecule has 0 heterocycles. The third kappa shape index (κ3) is 3.34. The van der Waals surface area contributed by atoms with Gasteiger partial charge in [0.1, 0.15) is 17.9 Å². The highest BCUT2D eigenvalue weighted by Crippen LogP contribution is 2.29. The molecule has 0 saturated carbocycles. The number of hydrogen-bond donors (Lipinski definition) is 0. The number of rotatable bonds is 4. The van der Waals surface area contributed by atoms with Crippen molar-refractivity contribution in [1.29, 1.82) is 0 Å². The number of hydrogen-bond acceptors (Lipinski definition) is 3. The van der Waals surface area contributed by atoms with Crippen molar-refractivity contribution in [1.82, 2.24) is 0 Å². The van der Waals surface area contributed by atoms with E-state index in [1.165, 1.54) is 7.11 Å². The van der Waals surface area contributed by atoms with Crippen molar-refractivity contribution in [2.45, 2.75) is 0 Å². The Morgan fingerprint density at radius 2 is 2.19 bits per heavy atom. The summed E-state index contributed by atoms with van der Waals surface area (Å²) < 4.78 is 12.0. The van der Waals surface area contributed by atoms with Crippen LogP contribution in [0, 0.1) is 7.14 Å². The predicted octanol–water partition coefficient (Wildman–Crippen LogP) is 3.25. The van der Waals surface area contributed by atoms with Gasteiger partial charge in [-0.3, -0.25) is 0 Å². The van der Waals surface area contributed by atoms with Crippen LogP contribution in [0.15, 0.2) is 24.8 Å². The molecule has 1 aromatic rings. The minimum Gasteiger partial charge on any atom is -0.488 e. The van der Waals surface area contributed by atoms with Crippen molar-refractivity contribution in [3.05, 3.63) is 37.5 Å². The lowest BCUT2D eigenvalue weighted by Gasteiger charge is -2.11. The van der Waals surface area contributed by atoms with Gasteiger partial charge in [-0.15, -0.1) is 0 Å². The molecule has 0 unspecified atom stereocenters. The molecule has 0 aliphatic carbocycles. The minimum atomic E-state index is -0.393. The fraction of sp³-hybridized carbons (Fsp3) is 0.182. The second kappa shape index (κ2) is 6.43. The molecule has 86 valence electrons. The Morgan fingerprint density at radius 3 is 2.75 bits per heavy atom. The van der Waals surface area contributed by atoms with Crippen molar-refractivity contribution in [3.8, 4) is 5.75 Å². The summed E-state index contributed by atoms with van der Waals surface area (Å²) in [5.41, 5.74) is 0.445. The van der Waals surface area contributed by atoms with E-state index in [1.54, 1.807) is 12.1 Å². The highest BCUT2D eigenvalue weighted by molar-refractivity contribution is 14.1. The maximum absolute atomic E-state index is 11.6. The molecule has 0 bridgehead atoms. The molecule has 0 aromatic heterocycles. The van der Waals surface area contributed by atoms with E-state index < -0.39 is 5.97 Å². The van der Waals surface area contributed by atoms with Crippen LogP contribution >= 0.6 is 45.2 Å². The fourth-order valence-electron chi connectivity index (χ4n) is 1.11. The molecule has 0 aliphatic rings. The summed E-state index contributed by atoms with van der Waals surface area (Å²) in [5.74, 6) is 0.156. The van der Waals surface area contributed by atoms with E-state index in [0.29, 0.717) is 17.9 Å². The van der Waals surface area contributed by atoms with Crippen LogP contribution in [0.1, 0.15) is 10.4 Å². The topological polar surface area (TPSA) is 35.5 Å². The Hall–Kier alpha value is -0.310. The van der Waals surface area contributed by atoms with Gasteiger partial charge in [-0.25, -0.2) is 4.79 Å². The molecule has 1 rings (SSSR count). The smallest absolute Gasteiger partial charge is 0.341 e. The van der Waals surface area contributed by atoms with Gasteiger partial charge in [0.2, 0.25) is 0 Å². The molecule has 5 heteroatoms. The molecule has 16 heavy (non-hydrogen) atoms. The summed E-state index contributed by atoms with van der Waals surface area (Å²) >= 11 is 4.28. The average molecular weight is 444 g/mol. The summed E-state index contributed by atoms with van der Waals surface area (Å²) in [6, 6.07) is 3.68. The molecule has 0 radical (unpaired) electrons. The van der Waals surface area contributed by atoms with Gasteiger partial charge in [0.25, 0.3) is 0 Å². The molecule has 3 nitrogen and oxygen atoms in total. The highest BCUT2D eigenvalue weighted by atomic mass is 127. The van der Waals surface area contributed by atoms with Gasteiger partial charge in [0.15, 0.2) is 0 Å². The van der Waals surface area contributed by atoms with Crippen LogP contribution in [0.2, 0.25) is 0 Å². The number of ether oxygens (including phenoxy) is 2. The molecule has 0 N–H and O–H groups in total. The standard InChI is InChI=1S/C11H10I2O3/c1-3-4-16-10-8(11(14)15-2)5-7(12)6-9(10)13/h3,5-6H,1,4H2,2H3. The van der Waals surface area contributed by atoms with Gasteiger partial charge in [0, 0.05) is 3.57 Å². The van der Waals surface area contributed by atoms with Crippen LogP contribution < -0.4 is 4.74 Å². The Kier molecular flexibility index (Phi) is 5.53. The van der Waals surface area contributed by atoms with Crippen LogP contribution in [0.3, 0.4) is 0 Å². The van der Waals surface area contributed by atoms with Crippen LogP contribution in [0.4, 0.5) is 0 Å². The number of halogens is 2. The maximum Gasteiger partial charge on any atom is 0.341 e. The first kappa shape index (κ1) is 13.8. The largest absolute Gasteiger partial charge is 0.488 e. The monoisotopic (exact) mass is 444 g/mol. The van der Waals surface area contributed by atoms with E-state index in [1.807, 2.05) is 6.07 Å². The number of carbonyl (C=O) groups is 1. The second-order valence-corrected chi connectivity index (χ2v) is 5.26. The van der Waals surface area contributed by atoms with Gasteiger partial charge in [-0.05, 0) is 57.3 Å². The SMILES string of the molecule is C=CCOc1c(I)cc(I)cc1C(=O)OC. The molecule has 0 fully saturated rings. The number of esters is 1. The Labute approximate surface area is 121 Å². The van der Waals surface area contributed by atoms with Gasteiger partial charge >= 0.3 is 5.97 Å². The second-order valence-electron chi connectivity index (χ2n) is 2.86. The Bertz CT molecular complexity index is 416. The quantitative estimate of drug-likeness (QED) is 0.407. The lowest BCUT2D eigenvalue weighted by Crippen LogP contribution is -2.07. The fourth-order valence-corrected chi connectivity index (χ4v) is 3.11. The minimum absolute atomic E-state index is 0.362. The number of carbonyl (C=O) groups excluding carboxylic acids is 1. The van der Waals surface area contributed by atoms with Crippen LogP contribution in [-0.2, 0) is 4.74 Å². The van der Waals surface area contributed by atoms with E-state index >= 15 is 0 Å². The van der Waals surface area contributed by atoms with E-state index in [0.717, 1.165) is 7.14 Å². The van der Waals surface area contributed by atoms with Crippen molar-refractivity contribution < 1.29 is 14.3 Å².